The minimum Gasteiger partial charge on any atom is -0.273 e. The fourth-order valence-electron chi connectivity index (χ4n) is 1.82. The number of hydrogen-bond donors (Lipinski definition) is 0. The van der Waals surface area contributed by atoms with Crippen LogP contribution < -0.4 is 0 Å². The van der Waals surface area contributed by atoms with Gasteiger partial charge in [-0.25, -0.2) is 0 Å². The standard InChI is InChI=1S/C13H21NO2/c1-9(13(3,4)5)8-10(2)14-11(15)6-7-12(14)16/h6-7,9-10H,8H2,1-5H3. The minimum absolute atomic E-state index is 0.0239. The summed E-state index contributed by atoms with van der Waals surface area (Å²) in [4.78, 5) is 24.3. The third-order valence-electron chi connectivity index (χ3n) is 3.46. The Hall–Kier alpha value is -1.12. The average Bonchev–Trinajstić information content (AvgIpc) is 2.44. The van der Waals surface area contributed by atoms with Crippen LogP contribution in [0.1, 0.15) is 41.0 Å². The Morgan fingerprint density at radius 2 is 1.56 bits per heavy atom. The van der Waals surface area contributed by atoms with Crippen molar-refractivity contribution in [3.63, 3.8) is 0 Å². The number of rotatable bonds is 3. The summed E-state index contributed by atoms with van der Waals surface area (Å²) >= 11 is 0. The maximum absolute atomic E-state index is 11.5. The molecule has 1 aliphatic heterocycles. The van der Waals surface area contributed by atoms with Crippen LogP contribution in [0.5, 0.6) is 0 Å². The Bertz CT molecular complexity index is 307. The molecule has 0 aromatic rings. The lowest BCUT2D eigenvalue weighted by atomic mass is 9.78. The van der Waals surface area contributed by atoms with E-state index < -0.39 is 0 Å². The van der Waals surface area contributed by atoms with Gasteiger partial charge in [-0.15, -0.1) is 0 Å². The summed E-state index contributed by atoms with van der Waals surface area (Å²) in [5, 5.41) is 0. The van der Waals surface area contributed by atoms with Crippen molar-refractivity contribution in [3.8, 4) is 0 Å². The van der Waals surface area contributed by atoms with E-state index in [0.717, 1.165) is 6.42 Å². The molecular formula is C13H21NO2. The van der Waals surface area contributed by atoms with Gasteiger partial charge in [0.2, 0.25) is 0 Å². The highest BCUT2D eigenvalue weighted by atomic mass is 16.2. The molecule has 0 aliphatic carbocycles. The van der Waals surface area contributed by atoms with Gasteiger partial charge in [0, 0.05) is 18.2 Å². The summed E-state index contributed by atoms with van der Waals surface area (Å²) in [6.45, 7) is 10.6. The molecule has 1 rings (SSSR count). The van der Waals surface area contributed by atoms with Gasteiger partial charge in [-0.05, 0) is 24.7 Å². The summed E-state index contributed by atoms with van der Waals surface area (Å²) in [6.07, 6.45) is 3.55. The molecule has 1 aliphatic rings. The highest BCUT2D eigenvalue weighted by Gasteiger charge is 2.31. The molecule has 2 atom stereocenters. The lowest BCUT2D eigenvalue weighted by Gasteiger charge is -2.32. The highest BCUT2D eigenvalue weighted by molar-refractivity contribution is 6.13. The van der Waals surface area contributed by atoms with Crippen LogP contribution in [0.4, 0.5) is 0 Å². The van der Waals surface area contributed by atoms with Crippen molar-refractivity contribution in [1.29, 1.82) is 0 Å². The fourth-order valence-corrected chi connectivity index (χ4v) is 1.82. The maximum atomic E-state index is 11.5. The topological polar surface area (TPSA) is 37.4 Å². The predicted octanol–water partition coefficient (Wildman–Crippen LogP) is 2.37. The van der Waals surface area contributed by atoms with Crippen molar-refractivity contribution >= 4 is 11.8 Å². The first-order valence-electron chi connectivity index (χ1n) is 5.78. The molecule has 1 heterocycles. The quantitative estimate of drug-likeness (QED) is 0.689. The van der Waals surface area contributed by atoms with Gasteiger partial charge in [0.05, 0.1) is 0 Å². The second-order valence-corrected chi connectivity index (χ2v) is 5.73. The van der Waals surface area contributed by atoms with E-state index in [9.17, 15) is 9.59 Å². The normalized spacial score (nSPS) is 20.4. The smallest absolute Gasteiger partial charge is 0.253 e. The second kappa shape index (κ2) is 4.40. The molecule has 0 aromatic heterocycles. The Morgan fingerprint density at radius 3 is 1.94 bits per heavy atom. The first-order chi connectivity index (χ1) is 7.23. The molecule has 3 heteroatoms. The zero-order valence-corrected chi connectivity index (χ0v) is 10.8. The van der Waals surface area contributed by atoms with Crippen LogP contribution in [0, 0.1) is 11.3 Å². The van der Waals surface area contributed by atoms with Gasteiger partial charge in [-0.2, -0.15) is 0 Å². The summed E-state index contributed by atoms with van der Waals surface area (Å²) in [6, 6.07) is -0.0239. The largest absolute Gasteiger partial charge is 0.273 e. The van der Waals surface area contributed by atoms with Gasteiger partial charge in [0.1, 0.15) is 0 Å². The third kappa shape index (κ3) is 2.71. The Balaban J connectivity index is 2.63. The monoisotopic (exact) mass is 223 g/mol. The molecule has 3 nitrogen and oxygen atoms in total. The molecule has 90 valence electrons. The highest BCUT2D eigenvalue weighted by Crippen LogP contribution is 2.30. The average molecular weight is 223 g/mol. The fraction of sp³-hybridized carbons (Fsp3) is 0.692. The lowest BCUT2D eigenvalue weighted by molar-refractivity contribution is -0.139. The molecule has 0 saturated heterocycles. The molecule has 0 spiro atoms. The number of nitrogens with zero attached hydrogens (tertiary/aromatic N) is 1. The molecule has 2 unspecified atom stereocenters. The van der Waals surface area contributed by atoms with E-state index in [1.165, 1.54) is 17.1 Å². The molecule has 16 heavy (non-hydrogen) atoms. The van der Waals surface area contributed by atoms with Gasteiger partial charge in [-0.3, -0.25) is 14.5 Å². The molecule has 0 saturated carbocycles. The van der Waals surface area contributed by atoms with Crippen LogP contribution in [0.25, 0.3) is 0 Å². The number of amides is 2. The van der Waals surface area contributed by atoms with E-state index >= 15 is 0 Å². The number of hydrogen-bond acceptors (Lipinski definition) is 2. The third-order valence-corrected chi connectivity index (χ3v) is 3.46. The first-order valence-corrected chi connectivity index (χ1v) is 5.78. The lowest BCUT2D eigenvalue weighted by Crippen LogP contribution is -2.40. The van der Waals surface area contributed by atoms with E-state index in [-0.39, 0.29) is 23.3 Å². The maximum Gasteiger partial charge on any atom is 0.253 e. The van der Waals surface area contributed by atoms with Crippen LogP contribution in [-0.2, 0) is 9.59 Å². The van der Waals surface area contributed by atoms with E-state index in [4.69, 9.17) is 0 Å². The van der Waals surface area contributed by atoms with Crippen molar-refractivity contribution < 1.29 is 9.59 Å². The SMILES string of the molecule is CC(CC(C)C(C)(C)C)N1C(=O)C=CC1=O. The zero-order chi connectivity index (χ0) is 12.5. The Morgan fingerprint density at radius 1 is 1.12 bits per heavy atom. The summed E-state index contributed by atoms with van der Waals surface area (Å²) < 4.78 is 0. The van der Waals surface area contributed by atoms with Crippen LogP contribution in [0.15, 0.2) is 12.2 Å². The van der Waals surface area contributed by atoms with Gasteiger partial charge < -0.3 is 0 Å². The molecule has 0 radical (unpaired) electrons. The zero-order valence-electron chi connectivity index (χ0n) is 10.8. The number of carbonyl (C=O) groups is 2. The molecule has 0 aromatic carbocycles. The van der Waals surface area contributed by atoms with E-state index in [1.807, 2.05) is 6.92 Å². The van der Waals surface area contributed by atoms with E-state index in [0.29, 0.717) is 5.92 Å². The first kappa shape index (κ1) is 12.9. The van der Waals surface area contributed by atoms with Gasteiger partial charge in [0.25, 0.3) is 11.8 Å². The van der Waals surface area contributed by atoms with Crippen molar-refractivity contribution in [2.75, 3.05) is 0 Å². The molecule has 2 amide bonds. The number of carbonyl (C=O) groups excluding carboxylic acids is 2. The van der Waals surface area contributed by atoms with Crippen molar-refractivity contribution in [3.05, 3.63) is 12.2 Å². The number of imide groups is 1. The molecule has 0 fully saturated rings. The minimum atomic E-state index is -0.182. The van der Waals surface area contributed by atoms with E-state index in [2.05, 4.69) is 27.7 Å². The van der Waals surface area contributed by atoms with Gasteiger partial charge in [0.15, 0.2) is 0 Å². The van der Waals surface area contributed by atoms with Crippen molar-refractivity contribution in [2.45, 2.75) is 47.1 Å². The summed E-state index contributed by atoms with van der Waals surface area (Å²) in [5.41, 5.74) is 0.202. The Labute approximate surface area is 97.5 Å². The van der Waals surface area contributed by atoms with Crippen LogP contribution in [0.3, 0.4) is 0 Å². The van der Waals surface area contributed by atoms with Crippen LogP contribution in [-0.4, -0.2) is 22.8 Å². The van der Waals surface area contributed by atoms with E-state index in [1.54, 1.807) is 0 Å². The van der Waals surface area contributed by atoms with Gasteiger partial charge >= 0.3 is 0 Å². The molecule has 0 bridgehead atoms. The molecular weight excluding hydrogens is 202 g/mol. The Kier molecular flexibility index (Phi) is 3.56. The van der Waals surface area contributed by atoms with Crippen LogP contribution in [0.2, 0.25) is 0 Å². The molecule has 0 N–H and O–H groups in total. The predicted molar refractivity (Wildman–Crippen MR) is 63.7 cm³/mol. The van der Waals surface area contributed by atoms with Gasteiger partial charge in [-0.1, -0.05) is 27.7 Å². The van der Waals surface area contributed by atoms with Crippen molar-refractivity contribution in [1.82, 2.24) is 4.90 Å². The second-order valence-electron chi connectivity index (χ2n) is 5.73. The van der Waals surface area contributed by atoms with Crippen LogP contribution >= 0.6 is 0 Å². The van der Waals surface area contributed by atoms with Crippen molar-refractivity contribution in [2.24, 2.45) is 11.3 Å². The summed E-state index contributed by atoms with van der Waals surface area (Å²) in [5.74, 6) is 0.0981. The summed E-state index contributed by atoms with van der Waals surface area (Å²) in [7, 11) is 0.